The van der Waals surface area contributed by atoms with E-state index in [-0.39, 0.29) is 0 Å². The lowest BCUT2D eigenvalue weighted by molar-refractivity contribution is 0.706. The van der Waals surface area contributed by atoms with Crippen molar-refractivity contribution in [1.29, 1.82) is 0 Å². The number of thiophene rings is 1. The zero-order chi connectivity index (χ0) is 19.4. The number of aromatic nitrogens is 3. The summed E-state index contributed by atoms with van der Waals surface area (Å²) in [5, 5.41) is 2.57. The molecule has 4 nitrogen and oxygen atoms in total. The molecule has 1 aromatic carbocycles. The van der Waals surface area contributed by atoms with Gasteiger partial charge in [-0.1, -0.05) is 18.6 Å². The molecule has 1 atom stereocenters. The predicted molar refractivity (Wildman–Crippen MR) is 122 cm³/mol. The monoisotopic (exact) mass is 420 g/mol. The molecule has 0 amide bonds. The summed E-state index contributed by atoms with van der Waals surface area (Å²) >= 11 is 3.75. The first-order chi connectivity index (χ1) is 14.3. The largest absolute Gasteiger partial charge is 0.346 e. The molecule has 0 unspecified atom stereocenters. The van der Waals surface area contributed by atoms with E-state index in [1.807, 2.05) is 29.6 Å². The molecule has 4 aromatic rings. The van der Waals surface area contributed by atoms with Crippen molar-refractivity contribution in [1.82, 2.24) is 15.0 Å². The molecule has 4 heterocycles. The highest BCUT2D eigenvalue weighted by Crippen LogP contribution is 2.44. The molecule has 2 aliphatic rings. The lowest BCUT2D eigenvalue weighted by Gasteiger charge is -2.25. The average molecular weight is 421 g/mol. The summed E-state index contributed by atoms with van der Waals surface area (Å²) in [6, 6.07) is 8.82. The van der Waals surface area contributed by atoms with Crippen LogP contribution in [-0.4, -0.2) is 21.5 Å². The molecule has 1 saturated heterocycles. The van der Waals surface area contributed by atoms with Gasteiger partial charge in [0.05, 0.1) is 21.6 Å². The van der Waals surface area contributed by atoms with E-state index >= 15 is 0 Å². The molecule has 0 bridgehead atoms. The molecular weight excluding hydrogens is 396 g/mol. The van der Waals surface area contributed by atoms with Crippen molar-refractivity contribution in [3.63, 3.8) is 0 Å². The molecule has 0 radical (unpaired) electrons. The number of hydrogen-bond donors (Lipinski definition) is 0. The maximum absolute atomic E-state index is 5.02. The van der Waals surface area contributed by atoms with Gasteiger partial charge in [-0.05, 0) is 63.1 Å². The fourth-order valence-corrected chi connectivity index (χ4v) is 7.35. The summed E-state index contributed by atoms with van der Waals surface area (Å²) in [6.45, 7) is 3.09. The van der Waals surface area contributed by atoms with E-state index in [4.69, 9.17) is 15.0 Å². The topological polar surface area (TPSA) is 41.9 Å². The van der Waals surface area contributed by atoms with E-state index in [1.54, 1.807) is 4.88 Å². The Labute approximate surface area is 178 Å². The van der Waals surface area contributed by atoms with Crippen LogP contribution in [0.15, 0.2) is 24.3 Å². The average Bonchev–Trinajstić information content (AvgIpc) is 3.40. The normalized spacial score (nSPS) is 19.8. The number of fused-ring (bicyclic) bond motifs is 4. The Bertz CT molecular complexity index is 1180. The van der Waals surface area contributed by atoms with E-state index in [0.29, 0.717) is 6.04 Å². The smallest absolute Gasteiger partial charge is 0.141 e. The second kappa shape index (κ2) is 7.03. The zero-order valence-electron chi connectivity index (χ0n) is 16.6. The first-order valence-electron chi connectivity index (χ1n) is 10.7. The van der Waals surface area contributed by atoms with Gasteiger partial charge in [-0.25, -0.2) is 15.0 Å². The van der Waals surface area contributed by atoms with Crippen LogP contribution in [0.4, 0.5) is 5.82 Å². The fraction of sp³-hybridized carbons (Fsp3) is 0.435. The summed E-state index contributed by atoms with van der Waals surface area (Å²) < 4.78 is 1.28. The van der Waals surface area contributed by atoms with Gasteiger partial charge in [0.25, 0.3) is 0 Å². The Kier molecular flexibility index (Phi) is 4.31. The van der Waals surface area contributed by atoms with Crippen LogP contribution in [0, 0.1) is 6.92 Å². The summed E-state index contributed by atoms with van der Waals surface area (Å²) in [5.74, 6) is 2.05. The van der Waals surface area contributed by atoms with Crippen LogP contribution in [0.5, 0.6) is 0 Å². The summed E-state index contributed by atoms with van der Waals surface area (Å²) in [5.41, 5.74) is 2.65. The molecule has 0 spiro atoms. The van der Waals surface area contributed by atoms with Crippen molar-refractivity contribution in [3.05, 3.63) is 45.5 Å². The Balaban J connectivity index is 1.50. The molecular formula is C23H24N4S2. The number of nitrogens with zero attached hydrogens (tertiary/aromatic N) is 4. The van der Waals surface area contributed by atoms with Crippen LogP contribution in [0.25, 0.3) is 20.4 Å². The number of anilines is 1. The van der Waals surface area contributed by atoms with Gasteiger partial charge >= 0.3 is 0 Å². The van der Waals surface area contributed by atoms with Crippen LogP contribution in [0.3, 0.4) is 0 Å². The lowest BCUT2D eigenvalue weighted by atomic mass is 10.1. The van der Waals surface area contributed by atoms with Gasteiger partial charge in [-0.15, -0.1) is 22.7 Å². The van der Waals surface area contributed by atoms with Crippen LogP contribution in [-0.2, 0) is 12.8 Å². The van der Waals surface area contributed by atoms with Gasteiger partial charge < -0.3 is 4.90 Å². The molecule has 0 N–H and O–H groups in total. The maximum Gasteiger partial charge on any atom is 0.141 e. The highest BCUT2D eigenvalue weighted by Gasteiger charge is 2.32. The van der Waals surface area contributed by atoms with Gasteiger partial charge in [0.2, 0.25) is 0 Å². The minimum absolute atomic E-state index is 0.325. The Hall–Kier alpha value is -2.05. The number of aryl methyl sites for hydroxylation is 3. The molecule has 0 saturated carbocycles. The zero-order valence-corrected chi connectivity index (χ0v) is 18.3. The minimum atomic E-state index is 0.325. The van der Waals surface area contributed by atoms with E-state index < -0.39 is 0 Å². The van der Waals surface area contributed by atoms with Crippen molar-refractivity contribution in [2.45, 2.75) is 57.9 Å². The van der Waals surface area contributed by atoms with Crippen LogP contribution in [0.2, 0.25) is 0 Å². The van der Waals surface area contributed by atoms with E-state index in [2.05, 4.69) is 29.2 Å². The fourth-order valence-electron chi connectivity index (χ4n) is 4.94. The Morgan fingerprint density at radius 1 is 0.966 bits per heavy atom. The van der Waals surface area contributed by atoms with Gasteiger partial charge in [-0.3, -0.25) is 0 Å². The summed E-state index contributed by atoms with van der Waals surface area (Å²) in [4.78, 5) is 20.1. The predicted octanol–water partition coefficient (Wildman–Crippen LogP) is 6.22. The van der Waals surface area contributed by atoms with Crippen LogP contribution in [0.1, 0.15) is 59.4 Å². The molecule has 29 heavy (non-hydrogen) atoms. The van der Waals surface area contributed by atoms with E-state index in [9.17, 15) is 0 Å². The minimum Gasteiger partial charge on any atom is -0.346 e. The van der Waals surface area contributed by atoms with Gasteiger partial charge in [0.15, 0.2) is 0 Å². The summed E-state index contributed by atoms with van der Waals surface area (Å²) in [6.07, 6.45) is 8.65. The SMILES string of the molecule is Cc1nc(N2CCC[C@@H]2c2nc3ccccc3s2)c2c3c(sc2n1)CCCCC3. The standard InChI is InChI=1S/C23H24N4S2/c1-14-24-21(20-15-8-3-2-4-11-18(15)28-23(20)25-14)27-13-7-10-17(27)22-26-16-9-5-6-12-19(16)29-22/h5-6,9,12,17H,2-4,7-8,10-11,13H2,1H3/t17-/m1/s1. The molecule has 6 rings (SSSR count). The van der Waals surface area contributed by atoms with Crippen molar-refractivity contribution >= 4 is 48.9 Å². The number of hydrogen-bond acceptors (Lipinski definition) is 6. The van der Waals surface area contributed by atoms with Gasteiger partial charge in [-0.2, -0.15) is 0 Å². The maximum atomic E-state index is 5.02. The van der Waals surface area contributed by atoms with Gasteiger partial charge in [0.1, 0.15) is 21.5 Å². The number of thiazole rings is 1. The third kappa shape index (κ3) is 2.96. The van der Waals surface area contributed by atoms with Crippen molar-refractivity contribution in [2.75, 3.05) is 11.4 Å². The molecule has 1 aliphatic heterocycles. The second-order valence-electron chi connectivity index (χ2n) is 8.21. The highest BCUT2D eigenvalue weighted by molar-refractivity contribution is 7.19. The lowest BCUT2D eigenvalue weighted by Crippen LogP contribution is -2.24. The second-order valence-corrected chi connectivity index (χ2v) is 10.4. The first kappa shape index (κ1) is 17.8. The Morgan fingerprint density at radius 2 is 1.86 bits per heavy atom. The molecule has 6 heteroatoms. The highest BCUT2D eigenvalue weighted by atomic mass is 32.1. The third-order valence-electron chi connectivity index (χ3n) is 6.28. The van der Waals surface area contributed by atoms with Crippen molar-refractivity contribution in [3.8, 4) is 0 Å². The van der Waals surface area contributed by atoms with Gasteiger partial charge in [0, 0.05) is 11.4 Å². The third-order valence-corrected chi connectivity index (χ3v) is 8.60. The van der Waals surface area contributed by atoms with Crippen molar-refractivity contribution in [2.24, 2.45) is 0 Å². The number of rotatable bonds is 2. The molecule has 148 valence electrons. The van der Waals surface area contributed by atoms with Crippen molar-refractivity contribution < 1.29 is 0 Å². The molecule has 1 fully saturated rings. The number of para-hydroxylation sites is 1. The van der Waals surface area contributed by atoms with Crippen LogP contribution >= 0.6 is 22.7 Å². The van der Waals surface area contributed by atoms with E-state index in [1.165, 1.54) is 64.0 Å². The summed E-state index contributed by atoms with van der Waals surface area (Å²) in [7, 11) is 0. The molecule has 1 aliphatic carbocycles. The van der Waals surface area contributed by atoms with Crippen LogP contribution < -0.4 is 4.90 Å². The quantitative estimate of drug-likeness (QED) is 0.361. The van der Waals surface area contributed by atoms with E-state index in [0.717, 1.165) is 30.1 Å². The number of benzene rings is 1. The molecule has 3 aromatic heterocycles. The Morgan fingerprint density at radius 3 is 2.79 bits per heavy atom. The first-order valence-corrected chi connectivity index (χ1v) is 12.3.